The Morgan fingerprint density at radius 2 is 0.671 bits per heavy atom. The van der Waals surface area contributed by atoms with E-state index in [0.717, 1.165) is 71.2 Å². The zero-order valence-electron chi connectivity index (χ0n) is 76.4. The molecule has 2 amide bonds. The van der Waals surface area contributed by atoms with Gasteiger partial charge in [-0.1, -0.05) is 223 Å². The molecule has 14 aromatic rings. The van der Waals surface area contributed by atoms with E-state index in [-0.39, 0.29) is 109 Å². The van der Waals surface area contributed by atoms with Crippen LogP contribution in [0.15, 0.2) is 324 Å². The minimum Gasteiger partial charge on any atom is -0.476 e. The topological polar surface area (TPSA) is 284 Å². The van der Waals surface area contributed by atoms with Crippen molar-refractivity contribution in [3.63, 3.8) is 0 Å². The van der Waals surface area contributed by atoms with E-state index in [0.29, 0.717) is 54.9 Å². The Labute approximate surface area is 818 Å². The van der Waals surface area contributed by atoms with E-state index in [9.17, 15) is 74.3 Å². The molecular formula is C111H89Br2F6N3O18. The minimum atomic E-state index is -1.12. The Bertz CT molecular complexity index is 6840. The number of aliphatic carboxylic acids is 1. The van der Waals surface area contributed by atoms with Crippen LogP contribution in [0.5, 0.6) is 0 Å². The summed E-state index contributed by atoms with van der Waals surface area (Å²) in [6.07, 6.45) is 0. The molecule has 0 unspecified atom stereocenters. The molecule has 1 N–H and O–H groups in total. The summed E-state index contributed by atoms with van der Waals surface area (Å²) in [5.41, 5.74) is 18.5. The summed E-state index contributed by atoms with van der Waals surface area (Å²) in [7, 11) is 0. The van der Waals surface area contributed by atoms with Crippen molar-refractivity contribution in [3.8, 4) is 66.8 Å². The number of hydrogen-bond acceptors (Lipinski definition) is 19. The standard InChI is InChI=1S/C25H18FNO6.C17H14BrFO3.C17H14FNO3.C17H15FO3.C15H10FNO3.C13H11F.C7H7Br/c1-2-32-25(31)22(28)19-12-9-16(15-7-10-18(26)11-8-15)13-17(19)14-33-27-23(29)20-5-3-4-6-21(20)24(27)30;1-2-22-17(21)16(20)15-8-5-12(9-13(15)10-18)11-3-6-14(19)7-4-11;1-2-21-17(20)16-15-8-5-12(9-13(15)10-22-19-16)11-3-6-14(18)7-4-11;1-3-21-17(20)16(19)15-9-6-13(10-11(15)2)12-4-7-14(18)8-5-12;16-12-4-1-9(2-5-12)10-3-6-13-11(7-10)8-20-17-14(13)15(18)19;1-10-3-2-4-12(9-10)11-5-7-13(14)8-6-11;1-6-3-2-4-7(8)5-6/h3-13H,2,14H2,1H3;2*3-9H,2,10H2,1H3;4-10H,3H2,1-2H3;1-7H,8H2,(H,18,19);2-9H,1H3;2-5H,1H3. The lowest BCUT2D eigenvalue weighted by molar-refractivity contribution is -0.138. The number of hydroxylamine groups is 2. The number of halogens is 8. The second-order valence-corrected chi connectivity index (χ2v) is 32.2. The summed E-state index contributed by atoms with van der Waals surface area (Å²) in [5.74, 6) is -9.59. The Morgan fingerprint density at radius 1 is 0.350 bits per heavy atom. The minimum absolute atomic E-state index is 0.0101. The molecule has 0 bridgehead atoms. The van der Waals surface area contributed by atoms with Gasteiger partial charge in [0.2, 0.25) is 0 Å². The van der Waals surface area contributed by atoms with E-state index in [1.54, 1.807) is 180 Å². The largest absolute Gasteiger partial charge is 0.476 e. The third kappa shape index (κ3) is 28.4. The average Bonchev–Trinajstić information content (AvgIpc) is 1.60. The van der Waals surface area contributed by atoms with E-state index in [4.69, 9.17) is 38.6 Å². The van der Waals surface area contributed by atoms with Gasteiger partial charge in [-0.05, 0) is 271 Å². The molecule has 0 fully saturated rings. The van der Waals surface area contributed by atoms with Gasteiger partial charge in [0.05, 0.1) is 37.6 Å². The first-order chi connectivity index (χ1) is 67.4. The van der Waals surface area contributed by atoms with Crippen molar-refractivity contribution in [2.24, 2.45) is 10.3 Å². The second kappa shape index (κ2) is 50.7. The third-order valence-corrected chi connectivity index (χ3v) is 22.1. The summed E-state index contributed by atoms with van der Waals surface area (Å²) < 4.78 is 98.2. The number of amides is 2. The van der Waals surface area contributed by atoms with Crippen LogP contribution in [-0.4, -0.2) is 107 Å². The van der Waals surface area contributed by atoms with Crippen LogP contribution in [0.1, 0.15) is 130 Å². The van der Waals surface area contributed by atoms with E-state index < -0.39 is 64.8 Å². The fourth-order valence-electron chi connectivity index (χ4n) is 14.1. The molecule has 0 radical (unpaired) electrons. The number of aryl methyl sites for hydroxylation is 3. The van der Waals surface area contributed by atoms with E-state index in [1.807, 2.05) is 61.5 Å². The smallest absolute Gasteiger partial charge is 0.379 e. The van der Waals surface area contributed by atoms with Gasteiger partial charge in [0.25, 0.3) is 29.2 Å². The monoisotopic (exact) mass is 2020 g/mol. The molecule has 3 heterocycles. The van der Waals surface area contributed by atoms with Crippen molar-refractivity contribution >= 4 is 102 Å². The van der Waals surface area contributed by atoms with E-state index in [1.165, 1.54) is 102 Å². The van der Waals surface area contributed by atoms with Crippen LogP contribution in [0.2, 0.25) is 0 Å². The van der Waals surface area contributed by atoms with Crippen molar-refractivity contribution in [1.29, 1.82) is 0 Å². The molecule has 0 aromatic heterocycles. The van der Waals surface area contributed by atoms with Crippen molar-refractivity contribution in [1.82, 2.24) is 5.06 Å². The molecule has 712 valence electrons. The van der Waals surface area contributed by atoms with Crippen LogP contribution in [0.25, 0.3) is 66.8 Å². The van der Waals surface area contributed by atoms with Crippen molar-refractivity contribution < 1.29 is 113 Å². The number of ether oxygens (including phenoxy) is 4. The summed E-state index contributed by atoms with van der Waals surface area (Å²) in [4.78, 5) is 135. The lowest BCUT2D eigenvalue weighted by Crippen LogP contribution is -2.30. The number of carboxylic acid groups (broad SMARTS) is 1. The van der Waals surface area contributed by atoms with Crippen molar-refractivity contribution in [3.05, 3.63) is 427 Å². The number of carboxylic acids is 1. The molecule has 140 heavy (non-hydrogen) atoms. The third-order valence-electron chi connectivity index (χ3n) is 21.0. The number of fused-ring (bicyclic) bond motifs is 3. The molecule has 0 aliphatic carbocycles. The summed E-state index contributed by atoms with van der Waals surface area (Å²) in [5, 5.41) is 17.4. The Balaban J connectivity index is 0.000000160. The molecule has 0 spiro atoms. The first kappa shape index (κ1) is 104. The van der Waals surface area contributed by atoms with Gasteiger partial charge >= 0.3 is 29.8 Å². The number of carbonyl (C=O) groups is 10. The molecule has 0 saturated heterocycles. The number of ketones is 3. The second-order valence-electron chi connectivity index (χ2n) is 30.7. The summed E-state index contributed by atoms with van der Waals surface area (Å²) in [6.45, 7) is 13.3. The van der Waals surface area contributed by atoms with Crippen molar-refractivity contribution in [2.75, 3.05) is 26.4 Å². The number of oxime groups is 2. The number of esters is 4. The zero-order valence-corrected chi connectivity index (χ0v) is 79.5. The van der Waals surface area contributed by atoms with Crippen LogP contribution < -0.4 is 0 Å². The average molecular weight is 2030 g/mol. The SMILES string of the molecule is CCOC(=O)C(=O)c1ccc(-c2ccc(F)cc2)cc1C.CCOC(=O)C(=O)c1ccc(-c2ccc(F)cc2)cc1CBr.CCOC(=O)C(=O)c1ccc(-c2ccc(F)cc2)cc1CON1C(=O)c2ccccc2C1=O.CCOC(=O)C1=NOCc2cc(-c3ccc(F)cc3)ccc21.Cc1cccc(-c2ccc(F)cc2)c1.Cc1cccc(Br)c1.O=C(O)C1=NOCc2cc(-c3ccc(F)cc3)ccc21. The van der Waals surface area contributed by atoms with Gasteiger partial charge in [-0.2, -0.15) is 0 Å². The predicted molar refractivity (Wildman–Crippen MR) is 524 cm³/mol. The van der Waals surface area contributed by atoms with Gasteiger partial charge in [-0.3, -0.25) is 28.8 Å². The highest BCUT2D eigenvalue weighted by atomic mass is 79.9. The fraction of sp³-hybridized carbons (Fsp3) is 0.135. The highest BCUT2D eigenvalue weighted by molar-refractivity contribution is 9.10. The molecule has 29 heteroatoms. The number of carbonyl (C=O) groups excluding carboxylic acids is 9. The Hall–Kier alpha value is -16.0. The lowest BCUT2D eigenvalue weighted by Gasteiger charge is -2.16. The molecule has 17 rings (SSSR count). The highest BCUT2D eigenvalue weighted by Crippen LogP contribution is 2.34. The first-order valence-corrected chi connectivity index (χ1v) is 45.4. The van der Waals surface area contributed by atoms with Gasteiger partial charge in [-0.25, -0.2) is 50.3 Å². The molecular weight excluding hydrogens is 1940 g/mol. The number of alkyl halides is 1. The maximum atomic E-state index is 13.3. The van der Waals surface area contributed by atoms with E-state index >= 15 is 0 Å². The maximum absolute atomic E-state index is 13.3. The van der Waals surface area contributed by atoms with Crippen molar-refractivity contribution in [2.45, 2.75) is 73.6 Å². The van der Waals surface area contributed by atoms with E-state index in [2.05, 4.69) is 67.3 Å². The van der Waals surface area contributed by atoms with Gasteiger partial charge < -0.3 is 33.7 Å². The van der Waals surface area contributed by atoms with Gasteiger partial charge in [-0.15, -0.1) is 5.06 Å². The lowest BCUT2D eigenvalue weighted by atomic mass is 9.96. The van der Waals surface area contributed by atoms with Crippen LogP contribution in [-0.2, 0) is 82.6 Å². The summed E-state index contributed by atoms with van der Waals surface area (Å²) in [6, 6.07) is 85.2. The highest BCUT2D eigenvalue weighted by Gasteiger charge is 2.37. The Morgan fingerprint density at radius 3 is 1.03 bits per heavy atom. The van der Waals surface area contributed by atoms with Crippen LogP contribution in [0.4, 0.5) is 26.3 Å². The zero-order chi connectivity index (χ0) is 101. The van der Waals surface area contributed by atoms with Crippen LogP contribution in [0, 0.1) is 55.7 Å². The quantitative estimate of drug-likeness (QED) is 0.0125. The van der Waals surface area contributed by atoms with Crippen LogP contribution >= 0.6 is 31.9 Å². The van der Waals surface area contributed by atoms with Gasteiger partial charge in [0.1, 0.15) is 54.7 Å². The van der Waals surface area contributed by atoms with Crippen LogP contribution in [0.3, 0.4) is 0 Å². The molecule has 14 aromatic carbocycles. The maximum Gasteiger partial charge on any atom is 0.379 e. The van der Waals surface area contributed by atoms with Gasteiger partial charge in [0, 0.05) is 48.7 Å². The normalized spacial score (nSPS) is 11.6. The molecule has 3 aliphatic heterocycles. The Kier molecular flexibility index (Phi) is 37.9. The number of benzene rings is 14. The number of Topliss-reactive ketones (excluding diaryl/α,β-unsaturated/α-hetero) is 3. The first-order valence-electron chi connectivity index (χ1n) is 43.5. The number of hydrogen-bond donors (Lipinski definition) is 1. The number of imide groups is 1. The summed E-state index contributed by atoms with van der Waals surface area (Å²) >= 11 is 6.68. The molecule has 21 nitrogen and oxygen atoms in total. The number of rotatable bonds is 22. The van der Waals surface area contributed by atoms with Gasteiger partial charge in [0.15, 0.2) is 11.4 Å². The fourth-order valence-corrected chi connectivity index (χ4v) is 15.1. The predicted octanol–water partition coefficient (Wildman–Crippen LogP) is 24.3. The number of nitrogens with zero attached hydrogens (tertiary/aromatic N) is 3. The molecule has 0 atom stereocenters. The molecule has 3 aliphatic rings. The molecule has 0 saturated carbocycles.